The van der Waals surface area contributed by atoms with Crippen LogP contribution in [0.2, 0.25) is 0 Å². The summed E-state index contributed by atoms with van der Waals surface area (Å²) < 4.78 is 5.80. The highest BCUT2D eigenvalue weighted by atomic mass is 16.5. The largest absolute Gasteiger partial charge is 0.491 e. The van der Waals surface area contributed by atoms with Gasteiger partial charge in [0.25, 0.3) is 0 Å². The van der Waals surface area contributed by atoms with E-state index < -0.39 is 0 Å². The Balaban J connectivity index is 1.88. The third-order valence-electron chi connectivity index (χ3n) is 3.75. The Morgan fingerprint density at radius 2 is 2.00 bits per heavy atom. The third kappa shape index (κ3) is 5.60. The van der Waals surface area contributed by atoms with Crippen molar-refractivity contribution in [2.24, 2.45) is 0 Å². The van der Waals surface area contributed by atoms with Gasteiger partial charge in [-0.05, 0) is 38.5 Å². The van der Waals surface area contributed by atoms with Crippen LogP contribution in [0.4, 0.5) is 5.95 Å². The summed E-state index contributed by atoms with van der Waals surface area (Å²) >= 11 is 0. The van der Waals surface area contributed by atoms with E-state index >= 15 is 0 Å². The van der Waals surface area contributed by atoms with Crippen LogP contribution in [0.1, 0.15) is 23.6 Å². The van der Waals surface area contributed by atoms with Gasteiger partial charge in [0.2, 0.25) is 11.9 Å². The molecule has 1 aromatic heterocycles. The second-order valence-corrected chi connectivity index (χ2v) is 5.74. The molecule has 0 radical (unpaired) electrons. The first-order chi connectivity index (χ1) is 12.0. The minimum absolute atomic E-state index is 0.0800. The molecule has 0 saturated carbocycles. The summed E-state index contributed by atoms with van der Waals surface area (Å²) in [6, 6.07) is 6.06. The van der Waals surface area contributed by atoms with Crippen molar-refractivity contribution >= 4 is 17.9 Å². The second kappa shape index (κ2) is 8.82. The lowest BCUT2D eigenvalue weighted by atomic mass is 10.1. The average Bonchev–Trinajstić information content (AvgIpc) is 2.59. The maximum absolute atomic E-state index is 12.3. The molecule has 0 aliphatic carbocycles. The molecule has 6 heteroatoms. The fraction of sp³-hybridized carbons (Fsp3) is 0.316. The zero-order valence-electron chi connectivity index (χ0n) is 14.9. The number of carbonyl (C=O) groups excluding carboxylic acids is 1. The van der Waals surface area contributed by atoms with Gasteiger partial charge in [0.15, 0.2) is 0 Å². The Hall–Kier alpha value is -2.89. The van der Waals surface area contributed by atoms with E-state index in [0.717, 1.165) is 16.9 Å². The van der Waals surface area contributed by atoms with Gasteiger partial charge in [-0.25, -0.2) is 9.97 Å². The van der Waals surface area contributed by atoms with Crippen LogP contribution < -0.4 is 10.5 Å². The number of ether oxygens (including phenoxy) is 1. The van der Waals surface area contributed by atoms with Crippen molar-refractivity contribution in [3.63, 3.8) is 0 Å². The monoisotopic (exact) mass is 340 g/mol. The SMILES string of the molecule is CCN(CCOc1ccc(C)cc1C)C(=O)/C=C/c1cnc(N)nc1. The quantitative estimate of drug-likeness (QED) is 0.784. The molecule has 2 rings (SSSR count). The molecule has 6 nitrogen and oxygen atoms in total. The predicted molar refractivity (Wildman–Crippen MR) is 99.1 cm³/mol. The van der Waals surface area contributed by atoms with E-state index in [1.165, 1.54) is 11.6 Å². The molecule has 0 atom stereocenters. The average molecular weight is 340 g/mol. The number of hydrogen-bond acceptors (Lipinski definition) is 5. The molecule has 0 aliphatic heterocycles. The van der Waals surface area contributed by atoms with Crippen LogP contribution in [0.3, 0.4) is 0 Å². The molecule has 0 spiro atoms. The molecular formula is C19H24N4O2. The van der Waals surface area contributed by atoms with Crippen molar-refractivity contribution in [1.29, 1.82) is 0 Å². The van der Waals surface area contributed by atoms with Crippen LogP contribution in [0.5, 0.6) is 5.75 Å². The molecule has 0 bridgehead atoms. The lowest BCUT2D eigenvalue weighted by Crippen LogP contribution is -2.33. The van der Waals surface area contributed by atoms with Gasteiger partial charge < -0.3 is 15.4 Å². The molecule has 2 aromatic rings. The minimum Gasteiger partial charge on any atom is -0.491 e. The molecule has 132 valence electrons. The van der Waals surface area contributed by atoms with Gasteiger partial charge in [-0.15, -0.1) is 0 Å². The van der Waals surface area contributed by atoms with Gasteiger partial charge in [0.1, 0.15) is 12.4 Å². The summed E-state index contributed by atoms with van der Waals surface area (Å²) in [7, 11) is 0. The van der Waals surface area contributed by atoms with Gasteiger partial charge in [-0.1, -0.05) is 17.7 Å². The Morgan fingerprint density at radius 1 is 1.28 bits per heavy atom. The Bertz CT molecular complexity index is 742. The molecule has 0 saturated heterocycles. The number of benzene rings is 1. The standard InChI is InChI=1S/C19H24N4O2/c1-4-23(9-10-25-17-7-5-14(2)11-15(17)3)18(24)8-6-16-12-21-19(20)22-13-16/h5-8,11-13H,4,9-10H2,1-3H3,(H2,20,21,22)/b8-6+. The van der Waals surface area contributed by atoms with Crippen LogP contribution in [-0.4, -0.2) is 40.5 Å². The number of nitrogens with two attached hydrogens (primary N) is 1. The first kappa shape index (κ1) is 18.4. The zero-order chi connectivity index (χ0) is 18.2. The fourth-order valence-corrected chi connectivity index (χ4v) is 2.36. The smallest absolute Gasteiger partial charge is 0.246 e. The number of nitrogens with zero attached hydrogens (tertiary/aromatic N) is 3. The normalized spacial score (nSPS) is 10.8. The fourth-order valence-electron chi connectivity index (χ4n) is 2.36. The Kier molecular flexibility index (Phi) is 6.51. The second-order valence-electron chi connectivity index (χ2n) is 5.74. The lowest BCUT2D eigenvalue weighted by Gasteiger charge is -2.19. The highest BCUT2D eigenvalue weighted by molar-refractivity contribution is 5.91. The summed E-state index contributed by atoms with van der Waals surface area (Å²) in [6.45, 7) is 7.58. The van der Waals surface area contributed by atoms with Gasteiger partial charge in [-0.2, -0.15) is 0 Å². The first-order valence-electron chi connectivity index (χ1n) is 8.24. The van der Waals surface area contributed by atoms with Gasteiger partial charge in [-0.3, -0.25) is 4.79 Å². The van der Waals surface area contributed by atoms with Gasteiger partial charge in [0, 0.05) is 30.6 Å². The van der Waals surface area contributed by atoms with E-state index in [-0.39, 0.29) is 11.9 Å². The molecule has 0 fully saturated rings. The molecule has 1 amide bonds. The minimum atomic E-state index is -0.0800. The maximum atomic E-state index is 12.3. The van der Waals surface area contributed by atoms with Crippen molar-refractivity contribution in [1.82, 2.24) is 14.9 Å². The van der Waals surface area contributed by atoms with Crippen LogP contribution in [0, 0.1) is 13.8 Å². The molecular weight excluding hydrogens is 316 g/mol. The van der Waals surface area contributed by atoms with Crippen LogP contribution in [-0.2, 0) is 4.79 Å². The summed E-state index contributed by atoms with van der Waals surface area (Å²) in [5.74, 6) is 0.981. The molecule has 0 aliphatic rings. The van der Waals surface area contributed by atoms with Crippen molar-refractivity contribution in [2.45, 2.75) is 20.8 Å². The summed E-state index contributed by atoms with van der Waals surface area (Å²) in [6.07, 6.45) is 6.34. The van der Waals surface area contributed by atoms with Crippen LogP contribution >= 0.6 is 0 Å². The first-order valence-corrected chi connectivity index (χ1v) is 8.24. The molecule has 25 heavy (non-hydrogen) atoms. The number of likely N-dealkylation sites (N-methyl/N-ethyl adjacent to an activating group) is 1. The van der Waals surface area contributed by atoms with Crippen molar-refractivity contribution in [3.8, 4) is 5.75 Å². The highest BCUT2D eigenvalue weighted by Gasteiger charge is 2.09. The van der Waals surface area contributed by atoms with E-state index in [9.17, 15) is 4.79 Å². The lowest BCUT2D eigenvalue weighted by molar-refractivity contribution is -0.126. The topological polar surface area (TPSA) is 81.3 Å². The summed E-state index contributed by atoms with van der Waals surface area (Å²) in [4.78, 5) is 21.8. The van der Waals surface area contributed by atoms with Crippen molar-refractivity contribution < 1.29 is 9.53 Å². The zero-order valence-corrected chi connectivity index (χ0v) is 14.9. The summed E-state index contributed by atoms with van der Waals surface area (Å²) in [5.41, 5.74) is 8.46. The molecule has 0 unspecified atom stereocenters. The van der Waals surface area contributed by atoms with Crippen molar-refractivity contribution in [3.05, 3.63) is 53.4 Å². The number of rotatable bonds is 7. The number of aryl methyl sites for hydroxylation is 2. The Labute approximate surface area is 148 Å². The number of aromatic nitrogens is 2. The van der Waals surface area contributed by atoms with Crippen LogP contribution in [0.15, 0.2) is 36.7 Å². The number of amides is 1. The molecule has 1 heterocycles. The summed E-state index contributed by atoms with van der Waals surface area (Å²) in [5, 5.41) is 0. The highest BCUT2D eigenvalue weighted by Crippen LogP contribution is 2.18. The number of carbonyl (C=O) groups is 1. The molecule has 1 aromatic carbocycles. The number of hydrogen-bond donors (Lipinski definition) is 1. The van der Waals surface area contributed by atoms with E-state index in [0.29, 0.717) is 19.7 Å². The third-order valence-corrected chi connectivity index (χ3v) is 3.75. The Morgan fingerprint density at radius 3 is 2.64 bits per heavy atom. The van der Waals surface area contributed by atoms with Gasteiger partial charge in [0.05, 0.1) is 6.54 Å². The van der Waals surface area contributed by atoms with E-state index in [4.69, 9.17) is 10.5 Å². The van der Waals surface area contributed by atoms with Crippen molar-refractivity contribution in [2.75, 3.05) is 25.4 Å². The van der Waals surface area contributed by atoms with E-state index in [1.54, 1.807) is 23.4 Å². The van der Waals surface area contributed by atoms with E-state index in [1.807, 2.05) is 32.9 Å². The molecule has 2 N–H and O–H groups in total. The van der Waals surface area contributed by atoms with Crippen LogP contribution in [0.25, 0.3) is 6.08 Å². The maximum Gasteiger partial charge on any atom is 0.246 e. The predicted octanol–water partition coefficient (Wildman–Crippen LogP) is 2.62. The van der Waals surface area contributed by atoms with E-state index in [2.05, 4.69) is 16.0 Å². The number of anilines is 1. The number of nitrogen functional groups attached to an aromatic ring is 1. The van der Waals surface area contributed by atoms with Gasteiger partial charge >= 0.3 is 0 Å².